The monoisotopic (exact) mass is 351 g/mol. The quantitative estimate of drug-likeness (QED) is 0.707. The molecule has 8 heteroatoms. The summed E-state index contributed by atoms with van der Waals surface area (Å²) < 4.78 is 4.73. The van der Waals surface area contributed by atoms with Gasteiger partial charge < -0.3 is 10.1 Å². The lowest BCUT2D eigenvalue weighted by Crippen LogP contribution is -2.21. The number of nitrogens with zero attached hydrogens (tertiary/aromatic N) is 4. The van der Waals surface area contributed by atoms with Crippen LogP contribution in [0.4, 0.5) is 5.69 Å². The van der Waals surface area contributed by atoms with Gasteiger partial charge in [0.05, 0.1) is 12.7 Å². The van der Waals surface area contributed by atoms with Crippen LogP contribution in [-0.4, -0.2) is 39.2 Å². The third-order valence-electron chi connectivity index (χ3n) is 3.78. The third kappa shape index (κ3) is 3.75. The molecular formula is C18H17N5O3. The van der Waals surface area contributed by atoms with Crippen LogP contribution < -0.4 is 5.32 Å². The molecule has 1 amide bonds. The molecule has 3 rings (SSSR count). The van der Waals surface area contributed by atoms with E-state index < -0.39 is 5.97 Å². The van der Waals surface area contributed by atoms with E-state index in [0.717, 1.165) is 5.56 Å². The Balaban J connectivity index is 1.70. The summed E-state index contributed by atoms with van der Waals surface area (Å²) in [5.41, 5.74) is 2.38. The molecule has 0 aliphatic rings. The van der Waals surface area contributed by atoms with Gasteiger partial charge in [-0.25, -0.2) is 4.79 Å². The summed E-state index contributed by atoms with van der Waals surface area (Å²) in [6.07, 6.45) is 0. The van der Waals surface area contributed by atoms with Crippen LogP contribution in [0.15, 0.2) is 48.5 Å². The predicted molar refractivity (Wildman–Crippen MR) is 94.4 cm³/mol. The molecule has 2 aromatic carbocycles. The molecule has 0 radical (unpaired) electrons. The van der Waals surface area contributed by atoms with Crippen molar-refractivity contribution in [2.24, 2.45) is 0 Å². The summed E-state index contributed by atoms with van der Waals surface area (Å²) in [5.74, 6) is -0.335. The fourth-order valence-corrected chi connectivity index (χ4v) is 2.43. The van der Waals surface area contributed by atoms with Crippen molar-refractivity contribution in [1.29, 1.82) is 0 Å². The van der Waals surface area contributed by atoms with Crippen LogP contribution in [0, 0.1) is 6.92 Å². The molecule has 8 nitrogen and oxygen atoms in total. The van der Waals surface area contributed by atoms with Crippen LogP contribution in [0.25, 0.3) is 11.4 Å². The molecule has 0 atom stereocenters. The minimum absolute atomic E-state index is 0.0955. The van der Waals surface area contributed by atoms with Crippen LogP contribution in [0.3, 0.4) is 0 Å². The van der Waals surface area contributed by atoms with E-state index in [2.05, 4.69) is 20.7 Å². The lowest BCUT2D eigenvalue weighted by Gasteiger charge is -2.11. The zero-order valence-corrected chi connectivity index (χ0v) is 14.3. The Bertz CT molecular complexity index is 937. The molecule has 26 heavy (non-hydrogen) atoms. The van der Waals surface area contributed by atoms with Gasteiger partial charge in [0, 0.05) is 11.3 Å². The molecule has 1 heterocycles. The first-order chi connectivity index (χ1) is 12.6. The van der Waals surface area contributed by atoms with Gasteiger partial charge in [0.15, 0.2) is 0 Å². The highest BCUT2D eigenvalue weighted by Gasteiger charge is 2.14. The molecule has 0 fully saturated rings. The summed E-state index contributed by atoms with van der Waals surface area (Å²) in [7, 11) is 1.31. The Hall–Kier alpha value is -3.55. The van der Waals surface area contributed by atoms with Crippen molar-refractivity contribution in [1.82, 2.24) is 20.2 Å². The standard InChI is InChI=1S/C18H17N5O3/c1-12-14(18(25)26-2)9-6-10-15(12)19-16(24)11-23-21-17(20-22-23)13-7-4-3-5-8-13/h3-10H,11H2,1-2H3,(H,19,24). The Morgan fingerprint density at radius 2 is 1.88 bits per heavy atom. The van der Waals surface area contributed by atoms with Crippen molar-refractivity contribution in [3.05, 3.63) is 59.7 Å². The number of methoxy groups -OCH3 is 1. The topological polar surface area (TPSA) is 99.0 Å². The predicted octanol–water partition coefficient (Wildman–Crippen LogP) is 2.07. The average Bonchev–Trinajstić information content (AvgIpc) is 3.12. The minimum Gasteiger partial charge on any atom is -0.465 e. The van der Waals surface area contributed by atoms with Crippen molar-refractivity contribution < 1.29 is 14.3 Å². The lowest BCUT2D eigenvalue weighted by atomic mass is 10.1. The molecule has 0 aliphatic heterocycles. The first-order valence-electron chi connectivity index (χ1n) is 7.89. The second-order valence-electron chi connectivity index (χ2n) is 5.53. The number of rotatable bonds is 5. The summed E-state index contributed by atoms with van der Waals surface area (Å²) in [6.45, 7) is 1.64. The van der Waals surface area contributed by atoms with Crippen molar-refractivity contribution in [2.45, 2.75) is 13.5 Å². The largest absolute Gasteiger partial charge is 0.465 e. The van der Waals surface area contributed by atoms with Gasteiger partial charge >= 0.3 is 5.97 Å². The maximum Gasteiger partial charge on any atom is 0.338 e. The number of hydrogen-bond acceptors (Lipinski definition) is 6. The molecule has 3 aromatic rings. The number of aromatic nitrogens is 4. The minimum atomic E-state index is -0.455. The van der Waals surface area contributed by atoms with Crippen LogP contribution in [0.2, 0.25) is 0 Å². The van der Waals surface area contributed by atoms with Crippen LogP contribution in [-0.2, 0) is 16.1 Å². The molecule has 0 saturated heterocycles. The van der Waals surface area contributed by atoms with E-state index in [1.54, 1.807) is 25.1 Å². The number of benzene rings is 2. The maximum absolute atomic E-state index is 12.3. The highest BCUT2D eigenvalue weighted by Crippen LogP contribution is 2.19. The van der Waals surface area contributed by atoms with E-state index in [1.807, 2.05) is 30.3 Å². The van der Waals surface area contributed by atoms with Crippen LogP contribution in [0.1, 0.15) is 15.9 Å². The van der Waals surface area contributed by atoms with Gasteiger partial charge in [0.25, 0.3) is 0 Å². The number of amides is 1. The van der Waals surface area contributed by atoms with Crippen molar-refractivity contribution in [2.75, 3.05) is 12.4 Å². The van der Waals surface area contributed by atoms with Gasteiger partial charge in [-0.2, -0.15) is 4.80 Å². The van der Waals surface area contributed by atoms with Gasteiger partial charge in [-0.05, 0) is 29.8 Å². The summed E-state index contributed by atoms with van der Waals surface area (Å²) in [4.78, 5) is 25.2. The van der Waals surface area contributed by atoms with Crippen molar-refractivity contribution >= 4 is 17.6 Å². The summed E-state index contributed by atoms with van der Waals surface area (Å²) in [6, 6.07) is 14.4. The molecule has 1 N–H and O–H groups in total. The Labute approximate surface area is 149 Å². The number of ether oxygens (including phenoxy) is 1. The van der Waals surface area contributed by atoms with Crippen molar-refractivity contribution in [3.63, 3.8) is 0 Å². The zero-order chi connectivity index (χ0) is 18.5. The Morgan fingerprint density at radius 1 is 1.12 bits per heavy atom. The summed E-state index contributed by atoms with van der Waals surface area (Å²) in [5, 5.41) is 14.8. The lowest BCUT2D eigenvalue weighted by molar-refractivity contribution is -0.117. The molecule has 0 saturated carbocycles. The number of nitrogens with one attached hydrogen (secondary N) is 1. The van der Waals surface area contributed by atoms with Gasteiger partial charge in [-0.15, -0.1) is 10.2 Å². The molecule has 0 unspecified atom stereocenters. The number of tetrazole rings is 1. The van der Waals surface area contributed by atoms with E-state index in [1.165, 1.54) is 11.9 Å². The summed E-state index contributed by atoms with van der Waals surface area (Å²) >= 11 is 0. The van der Waals surface area contributed by atoms with Crippen LogP contribution >= 0.6 is 0 Å². The smallest absolute Gasteiger partial charge is 0.338 e. The average molecular weight is 351 g/mol. The molecule has 1 aromatic heterocycles. The molecule has 0 aliphatic carbocycles. The van der Waals surface area contributed by atoms with Gasteiger partial charge in [0.1, 0.15) is 6.54 Å². The molecule has 0 bridgehead atoms. The van der Waals surface area contributed by atoms with Gasteiger partial charge in [0.2, 0.25) is 11.7 Å². The number of anilines is 1. The SMILES string of the molecule is COC(=O)c1cccc(NC(=O)Cn2nnc(-c3ccccc3)n2)c1C. The fraction of sp³-hybridized carbons (Fsp3) is 0.167. The van der Waals surface area contributed by atoms with Gasteiger partial charge in [-0.3, -0.25) is 4.79 Å². The second-order valence-corrected chi connectivity index (χ2v) is 5.53. The first-order valence-corrected chi connectivity index (χ1v) is 7.89. The first kappa shape index (κ1) is 17.3. The van der Waals surface area contributed by atoms with Crippen molar-refractivity contribution in [3.8, 4) is 11.4 Å². The number of esters is 1. The van der Waals surface area contributed by atoms with E-state index in [-0.39, 0.29) is 12.5 Å². The highest BCUT2D eigenvalue weighted by atomic mass is 16.5. The molecule has 0 spiro atoms. The van der Waals surface area contributed by atoms with Crippen LogP contribution in [0.5, 0.6) is 0 Å². The number of carbonyl (C=O) groups excluding carboxylic acids is 2. The number of hydrogen-bond donors (Lipinski definition) is 1. The third-order valence-corrected chi connectivity index (χ3v) is 3.78. The Morgan fingerprint density at radius 3 is 2.62 bits per heavy atom. The van der Waals surface area contributed by atoms with E-state index in [4.69, 9.17) is 4.74 Å². The normalized spacial score (nSPS) is 10.4. The number of carbonyl (C=O) groups is 2. The maximum atomic E-state index is 12.3. The van der Waals surface area contributed by atoms with E-state index in [9.17, 15) is 9.59 Å². The highest BCUT2D eigenvalue weighted by molar-refractivity contribution is 5.96. The van der Waals surface area contributed by atoms with E-state index >= 15 is 0 Å². The molecular weight excluding hydrogens is 334 g/mol. The fourth-order valence-electron chi connectivity index (χ4n) is 2.43. The second kappa shape index (κ2) is 7.56. The van der Waals surface area contributed by atoms with E-state index in [0.29, 0.717) is 22.6 Å². The Kier molecular flexibility index (Phi) is 5.02. The van der Waals surface area contributed by atoms with Gasteiger partial charge in [-0.1, -0.05) is 36.4 Å². The zero-order valence-electron chi connectivity index (χ0n) is 14.3. The molecule has 132 valence electrons.